The highest BCUT2D eigenvalue weighted by Crippen LogP contribution is 2.29. The number of amides is 1. The maximum absolute atomic E-state index is 12.2. The zero-order valence-electron chi connectivity index (χ0n) is 17.9. The van der Waals surface area contributed by atoms with Crippen molar-refractivity contribution in [2.45, 2.75) is 32.1 Å². The molecule has 11 nitrogen and oxygen atoms in total. The molecule has 0 spiro atoms. The van der Waals surface area contributed by atoms with E-state index in [2.05, 4.69) is 30.8 Å². The van der Waals surface area contributed by atoms with Gasteiger partial charge in [0.1, 0.15) is 13.2 Å². The van der Waals surface area contributed by atoms with Crippen molar-refractivity contribution in [1.29, 1.82) is 0 Å². The average Bonchev–Trinajstić information content (AvgIpc) is 3.39. The molecule has 0 radical (unpaired) electrons. The molecule has 1 aromatic carbocycles. The van der Waals surface area contributed by atoms with Gasteiger partial charge >= 0.3 is 0 Å². The van der Waals surface area contributed by atoms with Crippen molar-refractivity contribution in [2.24, 2.45) is 0 Å². The normalized spacial score (nSPS) is 13.4. The molecule has 0 bridgehead atoms. The quantitative estimate of drug-likeness (QED) is 0.376. The number of rotatable bonds is 7. The van der Waals surface area contributed by atoms with Gasteiger partial charge in [0.25, 0.3) is 5.91 Å². The van der Waals surface area contributed by atoms with E-state index in [-0.39, 0.29) is 19.1 Å². The van der Waals surface area contributed by atoms with Crippen LogP contribution in [-0.4, -0.2) is 47.0 Å². The number of fused-ring (bicyclic) bond motifs is 3. The van der Waals surface area contributed by atoms with Crippen molar-refractivity contribution < 1.29 is 19.2 Å². The van der Waals surface area contributed by atoms with Crippen LogP contribution in [0.3, 0.4) is 0 Å². The smallest absolute Gasteiger partial charge is 0.253 e. The predicted molar refractivity (Wildman–Crippen MR) is 119 cm³/mol. The van der Waals surface area contributed by atoms with E-state index in [0.717, 1.165) is 23.6 Å². The largest absolute Gasteiger partial charge is 0.470 e. The Morgan fingerprint density at radius 2 is 2.03 bits per heavy atom. The van der Waals surface area contributed by atoms with Crippen molar-refractivity contribution in [2.75, 3.05) is 0 Å². The van der Waals surface area contributed by atoms with E-state index in [1.165, 1.54) is 4.52 Å². The number of aliphatic hydroxyl groups is 1. The molecule has 0 aliphatic heterocycles. The van der Waals surface area contributed by atoms with Gasteiger partial charge in [0.05, 0.1) is 11.3 Å². The van der Waals surface area contributed by atoms with Gasteiger partial charge in [0, 0.05) is 29.1 Å². The van der Waals surface area contributed by atoms with E-state index in [4.69, 9.17) is 9.26 Å². The lowest BCUT2D eigenvalue weighted by Crippen LogP contribution is -2.25. The fraction of sp³-hybridized carbons (Fsp3) is 0.217. The molecule has 4 aromatic heterocycles. The molecule has 5 aromatic rings. The molecule has 1 saturated carbocycles. The van der Waals surface area contributed by atoms with Gasteiger partial charge in [0.2, 0.25) is 11.7 Å². The molecule has 0 saturated heterocycles. The summed E-state index contributed by atoms with van der Waals surface area (Å²) in [6.45, 7) is -0.119. The summed E-state index contributed by atoms with van der Waals surface area (Å²) in [5.41, 5.74) is 2.11. The van der Waals surface area contributed by atoms with Gasteiger partial charge in [-0.05, 0) is 31.0 Å². The number of nitrogens with zero attached hydrogens (tertiary/aromatic N) is 6. The van der Waals surface area contributed by atoms with Crippen LogP contribution in [0.2, 0.25) is 0 Å². The Labute approximate surface area is 192 Å². The van der Waals surface area contributed by atoms with Gasteiger partial charge in [-0.3, -0.25) is 9.78 Å². The van der Waals surface area contributed by atoms with Crippen LogP contribution in [0.25, 0.3) is 27.9 Å². The molecular weight excluding hydrogens is 438 g/mol. The van der Waals surface area contributed by atoms with E-state index in [9.17, 15) is 9.90 Å². The van der Waals surface area contributed by atoms with E-state index in [0.29, 0.717) is 46.1 Å². The number of pyridine rings is 1. The molecule has 6 rings (SSSR count). The molecule has 0 atom stereocenters. The van der Waals surface area contributed by atoms with Crippen molar-refractivity contribution in [1.82, 2.24) is 35.3 Å². The molecule has 1 aliphatic carbocycles. The summed E-state index contributed by atoms with van der Waals surface area (Å²) in [5, 5.41) is 30.8. The number of nitrogens with one attached hydrogen (secondary N) is 1. The topological polar surface area (TPSA) is 141 Å². The Morgan fingerprint density at radius 1 is 1.18 bits per heavy atom. The first-order chi connectivity index (χ1) is 16.7. The van der Waals surface area contributed by atoms with Crippen LogP contribution < -0.4 is 10.1 Å². The number of carbonyl (C=O) groups excluding carboxylic acids is 1. The zero-order chi connectivity index (χ0) is 23.1. The van der Waals surface area contributed by atoms with Gasteiger partial charge in [-0.2, -0.15) is 4.52 Å². The fourth-order valence-electron chi connectivity index (χ4n) is 3.59. The van der Waals surface area contributed by atoms with Gasteiger partial charge in [0.15, 0.2) is 17.1 Å². The number of benzene rings is 1. The minimum absolute atomic E-state index is 0.113. The molecule has 34 heavy (non-hydrogen) atoms. The second-order valence-corrected chi connectivity index (χ2v) is 8.02. The maximum atomic E-state index is 12.2. The Kier molecular flexibility index (Phi) is 4.88. The third-order valence-electron chi connectivity index (χ3n) is 5.53. The lowest BCUT2D eigenvalue weighted by molar-refractivity contribution is 0.0950. The van der Waals surface area contributed by atoms with Crippen molar-refractivity contribution >= 4 is 22.3 Å². The highest BCUT2D eigenvalue weighted by molar-refractivity contribution is 5.97. The number of carbonyl (C=O) groups is 1. The highest BCUT2D eigenvalue weighted by atomic mass is 16.5. The van der Waals surface area contributed by atoms with Crippen LogP contribution in [0.15, 0.2) is 53.2 Å². The van der Waals surface area contributed by atoms with Gasteiger partial charge in [-0.1, -0.05) is 23.4 Å². The second kappa shape index (κ2) is 8.19. The minimum Gasteiger partial charge on any atom is -0.470 e. The number of hydrogen-bond donors (Lipinski definition) is 2. The van der Waals surface area contributed by atoms with E-state index >= 15 is 0 Å². The Hall–Kier alpha value is -4.38. The molecule has 4 heterocycles. The molecule has 11 heteroatoms. The van der Waals surface area contributed by atoms with E-state index in [1.54, 1.807) is 24.4 Å². The molecule has 2 N–H and O–H groups in total. The third kappa shape index (κ3) is 3.71. The summed E-state index contributed by atoms with van der Waals surface area (Å²) in [4.78, 5) is 16.5. The maximum Gasteiger partial charge on any atom is 0.253 e. The summed E-state index contributed by atoms with van der Waals surface area (Å²) < 4.78 is 12.7. The van der Waals surface area contributed by atoms with Crippen molar-refractivity contribution in [3.05, 3.63) is 65.7 Å². The number of aromatic nitrogens is 6. The van der Waals surface area contributed by atoms with Crippen molar-refractivity contribution in [3.8, 4) is 17.4 Å². The molecule has 1 fully saturated rings. The van der Waals surface area contributed by atoms with Crippen molar-refractivity contribution in [3.63, 3.8) is 0 Å². The molecule has 170 valence electrons. The van der Waals surface area contributed by atoms with Crippen LogP contribution in [0, 0.1) is 0 Å². The van der Waals surface area contributed by atoms with E-state index in [1.807, 2.05) is 24.3 Å². The zero-order valence-corrected chi connectivity index (χ0v) is 17.9. The Balaban J connectivity index is 1.31. The molecule has 0 unspecified atom stereocenters. The lowest BCUT2D eigenvalue weighted by Gasteiger charge is -2.10. The first-order valence-corrected chi connectivity index (χ1v) is 10.8. The second-order valence-electron chi connectivity index (χ2n) is 8.02. The predicted octanol–water partition coefficient (Wildman–Crippen LogP) is 2.29. The van der Waals surface area contributed by atoms with Gasteiger partial charge < -0.3 is 19.7 Å². The standard InChI is InChI=1S/C23H19N7O4/c31-11-16-9-19(29-34-16)21-27-26-20-17-3-1-2-4-18(17)23(28-30(20)21)33-12-15-6-5-13(10-24-15)22(32)25-14-7-8-14/h1-6,9-10,14,31H,7-8,11-12H2,(H,25,32). The summed E-state index contributed by atoms with van der Waals surface area (Å²) in [6.07, 6.45) is 3.61. The number of ether oxygens (including phenoxy) is 1. The number of hydrogen-bond acceptors (Lipinski definition) is 9. The van der Waals surface area contributed by atoms with Crippen LogP contribution in [0.4, 0.5) is 0 Å². The Morgan fingerprint density at radius 3 is 2.76 bits per heavy atom. The summed E-state index contributed by atoms with van der Waals surface area (Å²) in [7, 11) is 0. The molecular formula is C23H19N7O4. The van der Waals surface area contributed by atoms with Crippen LogP contribution >= 0.6 is 0 Å². The fourth-order valence-corrected chi connectivity index (χ4v) is 3.59. The SMILES string of the molecule is O=C(NC1CC1)c1ccc(COc2nn3c(-c4cc(CO)on4)nnc3c3ccccc23)nc1. The number of aliphatic hydroxyl groups excluding tert-OH is 1. The monoisotopic (exact) mass is 457 g/mol. The lowest BCUT2D eigenvalue weighted by atomic mass is 10.2. The minimum atomic E-state index is -0.275. The summed E-state index contributed by atoms with van der Waals surface area (Å²) in [5.74, 6) is 0.924. The van der Waals surface area contributed by atoms with Crippen LogP contribution in [0.5, 0.6) is 5.88 Å². The Bertz CT molecular complexity index is 1510. The average molecular weight is 457 g/mol. The van der Waals surface area contributed by atoms with E-state index < -0.39 is 0 Å². The first kappa shape index (κ1) is 20.2. The summed E-state index contributed by atoms with van der Waals surface area (Å²) in [6, 6.07) is 13.0. The molecule has 1 aliphatic rings. The van der Waals surface area contributed by atoms with Crippen LogP contribution in [-0.2, 0) is 13.2 Å². The molecule has 1 amide bonds. The highest BCUT2D eigenvalue weighted by Gasteiger charge is 2.24. The van der Waals surface area contributed by atoms with Gasteiger partial charge in [-0.15, -0.1) is 15.3 Å². The van der Waals surface area contributed by atoms with Gasteiger partial charge in [-0.25, -0.2) is 0 Å². The first-order valence-electron chi connectivity index (χ1n) is 10.8. The van der Waals surface area contributed by atoms with Crippen LogP contribution in [0.1, 0.15) is 34.7 Å². The summed E-state index contributed by atoms with van der Waals surface area (Å²) >= 11 is 0. The third-order valence-corrected chi connectivity index (χ3v) is 5.53.